The topological polar surface area (TPSA) is 208 Å². The third-order valence-corrected chi connectivity index (χ3v) is 5.23. The minimum atomic E-state index is -1.58. The molecule has 3 rings (SSSR count). The maximum Gasteiger partial charge on any atom is 2.00 e. The number of carboxylic acid groups (broad SMARTS) is 2. The van der Waals surface area contributed by atoms with Crippen LogP contribution in [-0.2, 0) is 29.1 Å². The Morgan fingerprint density at radius 2 is 1.94 bits per heavy atom. The number of nitrogen functional groups attached to an aromatic ring is 1. The van der Waals surface area contributed by atoms with Crippen molar-refractivity contribution in [2.75, 3.05) is 41.4 Å². The van der Waals surface area contributed by atoms with Gasteiger partial charge >= 0.3 is 19.5 Å². The fourth-order valence-corrected chi connectivity index (χ4v) is 3.41. The van der Waals surface area contributed by atoms with Gasteiger partial charge in [-0.25, -0.2) is 0 Å². The Kier molecular flexibility index (Phi) is 8.96. The number of nitrogens with one attached hydrogen (secondary N) is 4. The summed E-state index contributed by atoms with van der Waals surface area (Å²) in [6, 6.07) is 4.75. The van der Waals surface area contributed by atoms with E-state index in [9.17, 15) is 29.4 Å². The molecule has 0 fully saturated rings. The first-order valence-electron chi connectivity index (χ1n) is 10.1. The molecule has 1 aliphatic rings. The molecular formula is C20H23N7O6Zn. The Morgan fingerprint density at radius 3 is 2.56 bits per heavy atom. The van der Waals surface area contributed by atoms with Crippen LogP contribution in [0.3, 0.4) is 0 Å². The maximum absolute atomic E-state index is 12.3. The average molecular weight is 523 g/mol. The van der Waals surface area contributed by atoms with Crippen molar-refractivity contribution >= 4 is 41.0 Å². The van der Waals surface area contributed by atoms with Gasteiger partial charge in [0.05, 0.1) is 18.1 Å². The van der Waals surface area contributed by atoms with E-state index in [1.165, 1.54) is 12.1 Å². The predicted molar refractivity (Wildman–Crippen MR) is 115 cm³/mol. The fraction of sp³-hybridized carbons (Fsp3) is 0.350. The molecule has 2 aromatic rings. The largest absolute Gasteiger partial charge is 2.00 e. The summed E-state index contributed by atoms with van der Waals surface area (Å²) in [4.78, 5) is 54.5. The number of carbonyl (C=O) groups excluding carboxylic acids is 3. The quantitative estimate of drug-likeness (QED) is 0.210. The Labute approximate surface area is 206 Å². The van der Waals surface area contributed by atoms with Gasteiger partial charge < -0.3 is 46.4 Å². The zero-order chi connectivity index (χ0) is 24.1. The summed E-state index contributed by atoms with van der Waals surface area (Å²) in [5.74, 6) is -3.22. The van der Waals surface area contributed by atoms with Gasteiger partial charge in [0, 0.05) is 37.4 Å². The first kappa shape index (κ1) is 26.6. The smallest absolute Gasteiger partial charge is 0.550 e. The van der Waals surface area contributed by atoms with Crippen LogP contribution in [0.1, 0.15) is 23.2 Å². The number of carbonyl (C=O) groups is 3. The molecule has 0 unspecified atom stereocenters. The summed E-state index contributed by atoms with van der Waals surface area (Å²) in [5.41, 5.74) is 6.51. The number of likely N-dealkylation sites (N-methyl/N-ethyl adjacent to an activating group) is 1. The number of fused-ring (bicyclic) bond motifs is 1. The van der Waals surface area contributed by atoms with Crippen molar-refractivity contribution in [3.8, 4) is 0 Å². The molecule has 1 aromatic heterocycles. The molecule has 0 bridgehead atoms. The standard InChI is InChI=1S/C20H25N7O6.Zn/c1-27-12(9-23-16-15(27)18(31)26-20(21)25-16)8-22-11-4-2-10(3-5-11)17(30)24-13(19(32)33)6-7-14(28)29;/h2-5,12-13,22H,6-9H2,1H3,(H,24,30)(H,28,29)(H,32,33)(H4,21,23,25,26,31);/q;+2/p-2/t12-,13-;/m0./s1. The molecule has 14 heteroatoms. The van der Waals surface area contributed by atoms with E-state index in [1.54, 1.807) is 24.1 Å². The van der Waals surface area contributed by atoms with E-state index < -0.39 is 30.3 Å². The summed E-state index contributed by atoms with van der Waals surface area (Å²) in [5, 5.41) is 30.2. The number of nitrogens with zero attached hydrogens (tertiary/aromatic N) is 2. The van der Waals surface area contributed by atoms with Crippen LogP contribution < -0.4 is 42.4 Å². The molecule has 0 radical (unpaired) electrons. The normalized spacial score (nSPS) is 15.2. The number of nitrogens with two attached hydrogens (primary N) is 1. The number of hydrogen-bond donors (Lipinski definition) is 5. The second-order valence-electron chi connectivity index (χ2n) is 7.51. The van der Waals surface area contributed by atoms with Crippen molar-refractivity contribution < 1.29 is 44.1 Å². The minimum absolute atomic E-state index is 0. The summed E-state index contributed by atoms with van der Waals surface area (Å²) in [6.45, 7) is 0.984. The van der Waals surface area contributed by atoms with Crippen LogP contribution in [0.5, 0.6) is 0 Å². The molecule has 0 aliphatic carbocycles. The number of hydrogen-bond acceptors (Lipinski definition) is 11. The van der Waals surface area contributed by atoms with Gasteiger partial charge in [0.15, 0.2) is 5.82 Å². The van der Waals surface area contributed by atoms with Gasteiger partial charge in [0.2, 0.25) is 5.95 Å². The number of rotatable bonds is 9. The van der Waals surface area contributed by atoms with Gasteiger partial charge in [-0.05, 0) is 37.1 Å². The summed E-state index contributed by atoms with van der Waals surface area (Å²) < 4.78 is 0. The van der Waals surface area contributed by atoms with Crippen LogP contribution in [0, 0.1) is 0 Å². The number of aliphatic carboxylic acids is 2. The second-order valence-corrected chi connectivity index (χ2v) is 7.51. The van der Waals surface area contributed by atoms with Crippen LogP contribution in [0.25, 0.3) is 0 Å². The number of aromatic amines is 1. The zero-order valence-corrected chi connectivity index (χ0v) is 21.4. The molecule has 0 spiro atoms. The molecule has 34 heavy (non-hydrogen) atoms. The van der Waals surface area contributed by atoms with Gasteiger partial charge in [0.25, 0.3) is 11.5 Å². The van der Waals surface area contributed by atoms with Crippen molar-refractivity contribution in [1.29, 1.82) is 0 Å². The number of benzene rings is 1. The Balaban J connectivity index is 0.00000408. The Hall–Kier alpha value is -3.67. The van der Waals surface area contributed by atoms with Crippen molar-refractivity contribution in [3.05, 3.63) is 40.2 Å². The van der Waals surface area contributed by atoms with Gasteiger partial charge in [-0.3, -0.25) is 14.6 Å². The molecule has 1 aromatic carbocycles. The second kappa shape index (κ2) is 11.5. The van der Waals surface area contributed by atoms with Crippen molar-refractivity contribution in [2.24, 2.45) is 0 Å². The SMILES string of the molecule is CN1c2c(nc(N)[nH]c2=O)NC[C@@H]1CNc1ccc(C(=O)N[C@@H](CCC(=O)[O-])C(=O)[O-])cc1.[Zn+2]. The number of anilines is 4. The van der Waals surface area contributed by atoms with Crippen LogP contribution in [0.15, 0.2) is 29.1 Å². The molecule has 0 saturated carbocycles. The van der Waals surface area contributed by atoms with E-state index in [2.05, 4.69) is 25.9 Å². The van der Waals surface area contributed by atoms with E-state index in [0.717, 1.165) is 0 Å². The zero-order valence-electron chi connectivity index (χ0n) is 18.4. The van der Waals surface area contributed by atoms with E-state index in [-0.39, 0.29) is 49.0 Å². The molecule has 13 nitrogen and oxygen atoms in total. The number of amides is 1. The predicted octanol–water partition coefficient (Wildman–Crippen LogP) is -2.93. The summed E-state index contributed by atoms with van der Waals surface area (Å²) in [7, 11) is 1.78. The molecule has 6 N–H and O–H groups in total. The monoisotopic (exact) mass is 521 g/mol. The molecule has 0 saturated heterocycles. The molecular weight excluding hydrogens is 500 g/mol. The van der Waals surface area contributed by atoms with Crippen LogP contribution >= 0.6 is 0 Å². The molecule has 2 heterocycles. The first-order valence-corrected chi connectivity index (χ1v) is 10.1. The minimum Gasteiger partial charge on any atom is -0.550 e. The first-order chi connectivity index (χ1) is 15.7. The van der Waals surface area contributed by atoms with E-state index in [0.29, 0.717) is 30.3 Å². The third-order valence-electron chi connectivity index (χ3n) is 5.23. The third kappa shape index (κ3) is 6.44. The summed E-state index contributed by atoms with van der Waals surface area (Å²) >= 11 is 0. The van der Waals surface area contributed by atoms with E-state index >= 15 is 0 Å². The van der Waals surface area contributed by atoms with Crippen molar-refractivity contribution in [3.63, 3.8) is 0 Å². The number of carboxylic acids is 2. The number of aromatic nitrogens is 2. The van der Waals surface area contributed by atoms with E-state index in [1.807, 2.05) is 0 Å². The maximum atomic E-state index is 12.3. The Morgan fingerprint density at radius 1 is 1.26 bits per heavy atom. The van der Waals surface area contributed by atoms with Gasteiger partial charge in [0.1, 0.15) is 5.69 Å². The average Bonchev–Trinajstić information content (AvgIpc) is 2.75. The van der Waals surface area contributed by atoms with Crippen LogP contribution in [0.4, 0.5) is 23.1 Å². The van der Waals surface area contributed by atoms with Crippen molar-refractivity contribution in [2.45, 2.75) is 24.9 Å². The van der Waals surface area contributed by atoms with Crippen LogP contribution in [-0.4, -0.2) is 60.0 Å². The van der Waals surface area contributed by atoms with Crippen molar-refractivity contribution in [1.82, 2.24) is 15.3 Å². The molecule has 1 amide bonds. The van der Waals surface area contributed by atoms with E-state index in [4.69, 9.17) is 5.73 Å². The Bertz CT molecular complexity index is 1110. The van der Waals surface area contributed by atoms with Gasteiger partial charge in [-0.15, -0.1) is 0 Å². The fourth-order valence-electron chi connectivity index (χ4n) is 3.41. The van der Waals surface area contributed by atoms with Gasteiger partial charge in [-0.1, -0.05) is 0 Å². The molecule has 1 aliphatic heterocycles. The molecule has 2 atom stereocenters. The van der Waals surface area contributed by atoms with Gasteiger partial charge in [-0.2, -0.15) is 4.98 Å². The number of H-pyrrole nitrogens is 1. The van der Waals surface area contributed by atoms with Crippen LogP contribution in [0.2, 0.25) is 0 Å². The summed E-state index contributed by atoms with van der Waals surface area (Å²) in [6.07, 6.45) is -0.862. The molecule has 176 valence electrons.